The van der Waals surface area contributed by atoms with E-state index in [9.17, 15) is 0 Å². The molecule has 0 aromatic carbocycles. The molecule has 1 saturated carbocycles. The van der Waals surface area contributed by atoms with Gasteiger partial charge in [-0.2, -0.15) is 0 Å². The fraction of sp³-hybridized carbons (Fsp3) is 1.00. The molecule has 2 heteroatoms. The van der Waals surface area contributed by atoms with Crippen LogP contribution in [0.4, 0.5) is 0 Å². The van der Waals surface area contributed by atoms with Crippen molar-refractivity contribution >= 4 is 0 Å². The number of nitrogens with zero attached hydrogens (tertiary/aromatic N) is 1. The van der Waals surface area contributed by atoms with Crippen molar-refractivity contribution in [1.82, 2.24) is 4.90 Å². The van der Waals surface area contributed by atoms with E-state index in [-0.39, 0.29) is 0 Å². The number of nitrogens with two attached hydrogens (primary N) is 1. The van der Waals surface area contributed by atoms with Crippen LogP contribution in [-0.4, -0.2) is 29.6 Å². The molecule has 1 saturated heterocycles. The summed E-state index contributed by atoms with van der Waals surface area (Å²) >= 11 is 0. The summed E-state index contributed by atoms with van der Waals surface area (Å²) in [4.78, 5) is 2.58. The minimum Gasteiger partial charge on any atom is -0.326 e. The highest BCUT2D eigenvalue weighted by atomic mass is 15.2. The van der Waals surface area contributed by atoms with Crippen molar-refractivity contribution < 1.29 is 0 Å². The Bertz CT molecular complexity index is 225. The first-order valence-electron chi connectivity index (χ1n) is 6.99. The average molecular weight is 224 g/mol. The zero-order valence-electron chi connectivity index (χ0n) is 11.2. The molecule has 2 nitrogen and oxygen atoms in total. The normalized spacial score (nSPS) is 34.5. The van der Waals surface area contributed by atoms with Crippen LogP contribution < -0.4 is 5.73 Å². The summed E-state index contributed by atoms with van der Waals surface area (Å²) in [6.45, 7) is 9.26. The zero-order valence-corrected chi connectivity index (χ0v) is 11.2. The molecule has 0 spiro atoms. The first-order valence-corrected chi connectivity index (χ1v) is 6.99. The third-order valence-corrected chi connectivity index (χ3v) is 4.62. The van der Waals surface area contributed by atoms with Crippen molar-refractivity contribution in [3.8, 4) is 0 Å². The molecule has 1 heterocycles. The van der Waals surface area contributed by atoms with Crippen molar-refractivity contribution in [3.05, 3.63) is 0 Å². The van der Waals surface area contributed by atoms with E-state index in [0.29, 0.717) is 11.6 Å². The number of hydrogen-bond donors (Lipinski definition) is 1. The maximum atomic E-state index is 6.36. The van der Waals surface area contributed by atoms with E-state index >= 15 is 0 Å². The summed E-state index contributed by atoms with van der Waals surface area (Å²) in [6, 6.07) is 0.419. The van der Waals surface area contributed by atoms with Gasteiger partial charge < -0.3 is 5.73 Å². The van der Waals surface area contributed by atoms with E-state index in [1.807, 2.05) is 0 Å². The quantitative estimate of drug-likeness (QED) is 0.742. The second-order valence-electron chi connectivity index (χ2n) is 6.80. The molecule has 0 amide bonds. The minimum atomic E-state index is 0.293. The van der Waals surface area contributed by atoms with Crippen LogP contribution in [0.5, 0.6) is 0 Å². The third-order valence-electron chi connectivity index (χ3n) is 4.62. The van der Waals surface area contributed by atoms with Crippen molar-refractivity contribution in [1.29, 1.82) is 0 Å². The lowest BCUT2D eigenvalue weighted by Crippen LogP contribution is -2.40. The van der Waals surface area contributed by atoms with Crippen molar-refractivity contribution in [2.45, 2.75) is 64.5 Å². The molecule has 0 unspecified atom stereocenters. The van der Waals surface area contributed by atoms with Gasteiger partial charge >= 0.3 is 0 Å². The first-order chi connectivity index (χ1) is 7.48. The monoisotopic (exact) mass is 224 g/mol. The summed E-state index contributed by atoms with van der Waals surface area (Å²) in [6.07, 6.45) is 7.17. The van der Waals surface area contributed by atoms with Crippen LogP contribution in [0.25, 0.3) is 0 Å². The van der Waals surface area contributed by atoms with Gasteiger partial charge in [0.1, 0.15) is 0 Å². The largest absolute Gasteiger partial charge is 0.326 e. The third kappa shape index (κ3) is 2.60. The summed E-state index contributed by atoms with van der Waals surface area (Å²) in [5.41, 5.74) is 6.65. The topological polar surface area (TPSA) is 29.3 Å². The molecule has 1 aliphatic heterocycles. The minimum absolute atomic E-state index is 0.293. The van der Waals surface area contributed by atoms with Gasteiger partial charge in [-0.3, -0.25) is 4.90 Å². The summed E-state index contributed by atoms with van der Waals surface area (Å²) in [5, 5.41) is 0. The molecule has 0 aromatic rings. The second-order valence-corrected chi connectivity index (χ2v) is 6.80. The molecular weight excluding hydrogens is 196 g/mol. The van der Waals surface area contributed by atoms with Crippen molar-refractivity contribution in [3.63, 3.8) is 0 Å². The van der Waals surface area contributed by atoms with Crippen LogP contribution in [0.1, 0.15) is 52.9 Å². The zero-order chi connectivity index (χ0) is 11.8. The summed E-state index contributed by atoms with van der Waals surface area (Å²) in [7, 11) is 0. The smallest absolute Gasteiger partial charge is 0.0211 e. The first kappa shape index (κ1) is 12.4. The van der Waals surface area contributed by atoms with Crippen LogP contribution in [-0.2, 0) is 0 Å². The Labute approximate surface area is 101 Å². The summed E-state index contributed by atoms with van der Waals surface area (Å²) < 4.78 is 0. The lowest BCUT2D eigenvalue weighted by molar-refractivity contribution is 0.153. The molecule has 2 fully saturated rings. The van der Waals surface area contributed by atoms with Crippen LogP contribution in [0.3, 0.4) is 0 Å². The van der Waals surface area contributed by atoms with Crippen LogP contribution in [0.2, 0.25) is 0 Å². The second kappa shape index (κ2) is 4.66. The molecule has 2 N–H and O–H groups in total. The van der Waals surface area contributed by atoms with Gasteiger partial charge in [0.25, 0.3) is 0 Å². The Morgan fingerprint density at radius 3 is 2.12 bits per heavy atom. The Hall–Kier alpha value is -0.0800. The van der Waals surface area contributed by atoms with Crippen molar-refractivity contribution in [2.75, 3.05) is 13.1 Å². The SMILES string of the molecule is CC(C)(C)N1C[C@H](C2CCCCC2)[C@@H](N)C1. The maximum Gasteiger partial charge on any atom is 0.0211 e. The number of hydrogen-bond acceptors (Lipinski definition) is 2. The highest BCUT2D eigenvalue weighted by molar-refractivity contribution is 4.95. The van der Waals surface area contributed by atoms with Gasteiger partial charge in [-0.1, -0.05) is 32.1 Å². The van der Waals surface area contributed by atoms with E-state index < -0.39 is 0 Å². The number of likely N-dealkylation sites (tertiary alicyclic amines) is 1. The molecule has 0 radical (unpaired) electrons. The average Bonchev–Trinajstić information content (AvgIpc) is 2.61. The summed E-state index contributed by atoms with van der Waals surface area (Å²) in [5.74, 6) is 1.68. The lowest BCUT2D eigenvalue weighted by atomic mass is 9.78. The maximum absolute atomic E-state index is 6.36. The molecule has 16 heavy (non-hydrogen) atoms. The van der Waals surface area contributed by atoms with E-state index in [4.69, 9.17) is 5.73 Å². The molecule has 0 aromatic heterocycles. The van der Waals surface area contributed by atoms with E-state index in [2.05, 4.69) is 25.7 Å². The van der Waals surface area contributed by atoms with Crippen LogP contribution in [0, 0.1) is 11.8 Å². The van der Waals surface area contributed by atoms with Gasteiger partial charge in [-0.05, 0) is 32.6 Å². The molecule has 2 aliphatic rings. The van der Waals surface area contributed by atoms with Gasteiger partial charge in [0.15, 0.2) is 0 Å². The molecule has 2 atom stereocenters. The van der Waals surface area contributed by atoms with Gasteiger partial charge in [-0.15, -0.1) is 0 Å². The van der Waals surface area contributed by atoms with Gasteiger partial charge in [-0.25, -0.2) is 0 Å². The van der Waals surface area contributed by atoms with E-state index in [0.717, 1.165) is 18.4 Å². The number of rotatable bonds is 1. The molecular formula is C14H28N2. The molecule has 2 rings (SSSR count). The fourth-order valence-corrected chi connectivity index (χ4v) is 3.46. The predicted molar refractivity (Wildman–Crippen MR) is 69.4 cm³/mol. The molecule has 0 bridgehead atoms. The lowest BCUT2D eigenvalue weighted by Gasteiger charge is -2.33. The van der Waals surface area contributed by atoms with Gasteiger partial charge in [0.05, 0.1) is 0 Å². The van der Waals surface area contributed by atoms with E-state index in [1.165, 1.54) is 38.6 Å². The standard InChI is InChI=1S/C14H28N2/c1-14(2,3)16-9-12(13(15)10-16)11-7-5-4-6-8-11/h11-13H,4-10,15H2,1-3H3/t12-,13+/m1/s1. The van der Waals surface area contributed by atoms with Crippen LogP contribution in [0.15, 0.2) is 0 Å². The molecule has 94 valence electrons. The highest BCUT2D eigenvalue weighted by Gasteiger charge is 2.39. The predicted octanol–water partition coefficient (Wildman–Crippen LogP) is 2.62. The molecule has 1 aliphatic carbocycles. The van der Waals surface area contributed by atoms with Crippen LogP contribution >= 0.6 is 0 Å². The Kier molecular flexibility index (Phi) is 3.60. The fourth-order valence-electron chi connectivity index (χ4n) is 3.46. The van der Waals surface area contributed by atoms with Crippen molar-refractivity contribution in [2.24, 2.45) is 17.6 Å². The Morgan fingerprint density at radius 2 is 1.62 bits per heavy atom. The Morgan fingerprint density at radius 1 is 1.00 bits per heavy atom. The van der Waals surface area contributed by atoms with Gasteiger partial charge in [0.2, 0.25) is 0 Å². The Balaban J connectivity index is 1.96. The van der Waals surface area contributed by atoms with E-state index in [1.54, 1.807) is 0 Å². The highest BCUT2D eigenvalue weighted by Crippen LogP contribution is 2.36. The van der Waals surface area contributed by atoms with Gasteiger partial charge in [0, 0.05) is 24.7 Å².